The van der Waals surface area contributed by atoms with Crippen LogP contribution in [0.15, 0.2) is 30.3 Å². The summed E-state index contributed by atoms with van der Waals surface area (Å²) in [6.45, 7) is 1.69. The molecule has 1 aromatic heterocycles. The number of aromatic nitrogens is 1. The summed E-state index contributed by atoms with van der Waals surface area (Å²) in [6, 6.07) is 8.25. The average molecular weight is 252 g/mol. The third-order valence-electron chi connectivity index (χ3n) is 2.34. The molecule has 2 rings (SSSR count). The van der Waals surface area contributed by atoms with E-state index in [-0.39, 0.29) is 5.82 Å². The van der Waals surface area contributed by atoms with Crippen LogP contribution in [-0.2, 0) is 0 Å². The fourth-order valence-corrected chi connectivity index (χ4v) is 1.57. The number of nitrogens with zero attached hydrogens (tertiary/aromatic N) is 1. The first-order valence-corrected chi connectivity index (χ1v) is 5.40. The maximum Gasteiger partial charge on any atom is 0.155 e. The minimum atomic E-state index is -0.325. The Bertz CT molecular complexity index is 557. The van der Waals surface area contributed by atoms with Crippen LogP contribution in [0.4, 0.5) is 21.6 Å². The van der Waals surface area contributed by atoms with Crippen LogP contribution in [0.1, 0.15) is 5.56 Å². The van der Waals surface area contributed by atoms with E-state index in [0.29, 0.717) is 27.9 Å². The van der Waals surface area contributed by atoms with Gasteiger partial charge in [0.25, 0.3) is 0 Å². The zero-order valence-corrected chi connectivity index (χ0v) is 9.92. The third kappa shape index (κ3) is 2.47. The molecule has 0 bridgehead atoms. The van der Waals surface area contributed by atoms with E-state index in [4.69, 9.17) is 17.3 Å². The standard InChI is InChI=1S/C12H11ClFN3/c1-7-3-2-4-9(11(7)14)16-12-8(15)5-6-10(13)17-12/h2-6H,15H2,1H3,(H,16,17). The van der Waals surface area contributed by atoms with E-state index in [1.165, 1.54) is 0 Å². The van der Waals surface area contributed by atoms with Crippen LogP contribution in [0.2, 0.25) is 5.15 Å². The van der Waals surface area contributed by atoms with Gasteiger partial charge in [0.2, 0.25) is 0 Å². The van der Waals surface area contributed by atoms with Crippen LogP contribution >= 0.6 is 11.6 Å². The molecule has 0 unspecified atom stereocenters. The summed E-state index contributed by atoms with van der Waals surface area (Å²) in [4.78, 5) is 4.00. The second-order valence-electron chi connectivity index (χ2n) is 3.63. The molecular formula is C12H11ClFN3. The second-order valence-corrected chi connectivity index (χ2v) is 4.02. The number of anilines is 3. The Kier molecular flexibility index (Phi) is 3.15. The van der Waals surface area contributed by atoms with Crippen molar-refractivity contribution in [2.45, 2.75) is 6.92 Å². The van der Waals surface area contributed by atoms with Gasteiger partial charge in [-0.1, -0.05) is 23.7 Å². The van der Waals surface area contributed by atoms with Crippen molar-refractivity contribution in [3.63, 3.8) is 0 Å². The van der Waals surface area contributed by atoms with Gasteiger partial charge in [0.05, 0.1) is 11.4 Å². The van der Waals surface area contributed by atoms with Crippen molar-refractivity contribution in [1.82, 2.24) is 4.98 Å². The molecule has 0 amide bonds. The summed E-state index contributed by atoms with van der Waals surface area (Å²) in [5, 5.41) is 3.13. The number of benzene rings is 1. The monoisotopic (exact) mass is 251 g/mol. The van der Waals surface area contributed by atoms with Crippen LogP contribution < -0.4 is 11.1 Å². The largest absolute Gasteiger partial charge is 0.396 e. The molecule has 3 nitrogen and oxygen atoms in total. The van der Waals surface area contributed by atoms with Gasteiger partial charge in [-0.15, -0.1) is 0 Å². The Morgan fingerprint density at radius 2 is 2.06 bits per heavy atom. The van der Waals surface area contributed by atoms with Gasteiger partial charge in [-0.2, -0.15) is 0 Å². The average Bonchev–Trinajstić information content (AvgIpc) is 2.30. The van der Waals surface area contributed by atoms with Gasteiger partial charge in [0.15, 0.2) is 5.82 Å². The number of nitrogen functional groups attached to an aromatic ring is 1. The van der Waals surface area contributed by atoms with E-state index < -0.39 is 0 Å². The molecule has 1 heterocycles. The van der Waals surface area contributed by atoms with Crippen molar-refractivity contribution < 1.29 is 4.39 Å². The molecule has 0 aliphatic rings. The molecule has 17 heavy (non-hydrogen) atoms. The van der Waals surface area contributed by atoms with E-state index in [9.17, 15) is 4.39 Å². The zero-order chi connectivity index (χ0) is 12.4. The fraction of sp³-hybridized carbons (Fsp3) is 0.0833. The molecule has 0 atom stereocenters. The predicted molar refractivity (Wildman–Crippen MR) is 68.1 cm³/mol. The zero-order valence-electron chi connectivity index (χ0n) is 9.17. The predicted octanol–water partition coefficient (Wildman–Crippen LogP) is 3.51. The summed E-state index contributed by atoms with van der Waals surface area (Å²) >= 11 is 5.75. The molecule has 0 aliphatic heterocycles. The molecule has 0 radical (unpaired) electrons. The number of nitrogens with two attached hydrogens (primary N) is 1. The van der Waals surface area contributed by atoms with Crippen molar-refractivity contribution in [2.24, 2.45) is 0 Å². The van der Waals surface area contributed by atoms with Crippen LogP contribution in [0.5, 0.6) is 0 Å². The molecule has 0 fully saturated rings. The lowest BCUT2D eigenvalue weighted by Gasteiger charge is -2.10. The lowest BCUT2D eigenvalue weighted by molar-refractivity contribution is 0.622. The van der Waals surface area contributed by atoms with Gasteiger partial charge < -0.3 is 11.1 Å². The maximum atomic E-state index is 13.8. The number of hydrogen-bond donors (Lipinski definition) is 2. The Morgan fingerprint density at radius 1 is 1.29 bits per heavy atom. The Labute approximate surface area is 103 Å². The van der Waals surface area contributed by atoms with Crippen LogP contribution in [0.3, 0.4) is 0 Å². The minimum Gasteiger partial charge on any atom is -0.396 e. The molecule has 1 aromatic carbocycles. The summed E-state index contributed by atoms with van der Waals surface area (Å²) in [5.74, 6) is 0.0238. The maximum absolute atomic E-state index is 13.8. The molecule has 3 N–H and O–H groups in total. The number of halogens is 2. The number of rotatable bonds is 2. The quantitative estimate of drug-likeness (QED) is 0.803. The Morgan fingerprint density at radius 3 is 2.82 bits per heavy atom. The number of aryl methyl sites for hydroxylation is 1. The molecule has 0 spiro atoms. The second kappa shape index (κ2) is 4.59. The number of hydrogen-bond acceptors (Lipinski definition) is 3. The normalized spacial score (nSPS) is 10.3. The van der Waals surface area contributed by atoms with Crippen molar-refractivity contribution in [1.29, 1.82) is 0 Å². The first-order chi connectivity index (χ1) is 8.08. The summed E-state index contributed by atoms with van der Waals surface area (Å²) in [7, 11) is 0. The van der Waals surface area contributed by atoms with Gasteiger partial charge in [0, 0.05) is 0 Å². The van der Waals surface area contributed by atoms with E-state index in [1.54, 1.807) is 37.3 Å². The van der Waals surface area contributed by atoms with Crippen LogP contribution in [-0.4, -0.2) is 4.98 Å². The summed E-state index contributed by atoms with van der Waals surface area (Å²) in [6.07, 6.45) is 0. The number of pyridine rings is 1. The molecule has 0 saturated carbocycles. The van der Waals surface area contributed by atoms with Crippen LogP contribution in [0, 0.1) is 12.7 Å². The minimum absolute atomic E-state index is 0.301. The Hall–Kier alpha value is -1.81. The van der Waals surface area contributed by atoms with Gasteiger partial charge in [-0.3, -0.25) is 0 Å². The van der Waals surface area contributed by atoms with E-state index in [2.05, 4.69) is 10.3 Å². The van der Waals surface area contributed by atoms with Crippen molar-refractivity contribution in [3.05, 3.63) is 46.9 Å². The highest BCUT2D eigenvalue weighted by Gasteiger charge is 2.08. The third-order valence-corrected chi connectivity index (χ3v) is 2.55. The molecule has 2 aromatic rings. The lowest BCUT2D eigenvalue weighted by atomic mass is 10.2. The van der Waals surface area contributed by atoms with Gasteiger partial charge >= 0.3 is 0 Å². The number of nitrogens with one attached hydrogen (secondary N) is 1. The van der Waals surface area contributed by atoms with Crippen molar-refractivity contribution in [2.75, 3.05) is 11.1 Å². The van der Waals surface area contributed by atoms with Gasteiger partial charge in [-0.05, 0) is 30.7 Å². The highest BCUT2D eigenvalue weighted by atomic mass is 35.5. The molecule has 0 aliphatic carbocycles. The summed E-state index contributed by atoms with van der Waals surface area (Å²) in [5.41, 5.74) is 7.01. The highest BCUT2D eigenvalue weighted by Crippen LogP contribution is 2.25. The molecule has 88 valence electrons. The van der Waals surface area contributed by atoms with E-state index in [1.807, 2.05) is 0 Å². The summed E-state index contributed by atoms with van der Waals surface area (Å²) < 4.78 is 13.8. The highest BCUT2D eigenvalue weighted by molar-refractivity contribution is 6.29. The topological polar surface area (TPSA) is 50.9 Å². The lowest BCUT2D eigenvalue weighted by Crippen LogP contribution is -2.01. The Balaban J connectivity index is 2.38. The molecular weight excluding hydrogens is 241 g/mol. The molecule has 5 heteroatoms. The molecule has 0 saturated heterocycles. The van der Waals surface area contributed by atoms with E-state index in [0.717, 1.165) is 0 Å². The first-order valence-electron chi connectivity index (χ1n) is 5.02. The van der Waals surface area contributed by atoms with Crippen molar-refractivity contribution >= 4 is 28.8 Å². The van der Waals surface area contributed by atoms with Crippen LogP contribution in [0.25, 0.3) is 0 Å². The smallest absolute Gasteiger partial charge is 0.155 e. The first kappa shape index (κ1) is 11.7. The van der Waals surface area contributed by atoms with Gasteiger partial charge in [-0.25, -0.2) is 9.37 Å². The van der Waals surface area contributed by atoms with Gasteiger partial charge in [0.1, 0.15) is 11.0 Å². The van der Waals surface area contributed by atoms with Crippen molar-refractivity contribution in [3.8, 4) is 0 Å². The fourth-order valence-electron chi connectivity index (χ4n) is 1.42. The van der Waals surface area contributed by atoms with E-state index >= 15 is 0 Å². The SMILES string of the molecule is Cc1cccc(Nc2nc(Cl)ccc2N)c1F.